The third-order valence-corrected chi connectivity index (χ3v) is 5.24. The highest BCUT2D eigenvalue weighted by Gasteiger charge is 2.30. The fourth-order valence-corrected chi connectivity index (χ4v) is 3.77. The number of anilines is 2. The van der Waals surface area contributed by atoms with Crippen LogP contribution in [-0.2, 0) is 4.79 Å². The lowest BCUT2D eigenvalue weighted by Gasteiger charge is -2.41. The van der Waals surface area contributed by atoms with E-state index in [4.69, 9.17) is 0 Å². The van der Waals surface area contributed by atoms with E-state index in [0.717, 1.165) is 30.5 Å². The number of aryl methyl sites for hydroxylation is 1. The van der Waals surface area contributed by atoms with E-state index in [0.29, 0.717) is 12.0 Å². The van der Waals surface area contributed by atoms with Gasteiger partial charge in [0.15, 0.2) is 5.13 Å². The van der Waals surface area contributed by atoms with Gasteiger partial charge in [-0.05, 0) is 26.8 Å². The minimum atomic E-state index is -0.226. The minimum Gasteiger partial charge on any atom is -0.343 e. The van der Waals surface area contributed by atoms with Gasteiger partial charge in [0.1, 0.15) is 0 Å². The molecule has 3 rings (SSSR count). The second-order valence-corrected chi connectivity index (χ2v) is 6.88. The Labute approximate surface area is 145 Å². The summed E-state index contributed by atoms with van der Waals surface area (Å²) in [6.07, 6.45) is 3.23. The number of piperazine rings is 1. The molecule has 0 radical (unpaired) electrons. The van der Waals surface area contributed by atoms with Crippen LogP contribution < -0.4 is 10.2 Å². The first-order chi connectivity index (χ1) is 11.5. The molecule has 0 bridgehead atoms. The zero-order chi connectivity index (χ0) is 17.1. The molecule has 8 heteroatoms. The standard InChI is InChI=1S/C16H22N6OS/c1-11-10-24-16(19-11)22-8-7-21(9-12(22)2)13(3)14(23)20-15-17-5-4-6-18-15/h4-6,10,12-13H,7-9H2,1-3H3,(H,17,18,20,23). The summed E-state index contributed by atoms with van der Waals surface area (Å²) in [6, 6.07) is 1.81. The van der Waals surface area contributed by atoms with Crippen LogP contribution >= 0.6 is 11.3 Å². The van der Waals surface area contributed by atoms with Crippen molar-refractivity contribution in [3.8, 4) is 0 Å². The molecule has 2 aromatic rings. The number of hydrogen-bond acceptors (Lipinski definition) is 7. The van der Waals surface area contributed by atoms with E-state index < -0.39 is 0 Å². The van der Waals surface area contributed by atoms with E-state index >= 15 is 0 Å². The Morgan fingerprint density at radius 3 is 2.75 bits per heavy atom. The molecule has 0 spiro atoms. The Balaban J connectivity index is 1.59. The van der Waals surface area contributed by atoms with E-state index in [9.17, 15) is 4.79 Å². The summed E-state index contributed by atoms with van der Waals surface area (Å²) in [7, 11) is 0. The molecule has 2 aromatic heterocycles. The Kier molecular flexibility index (Phi) is 5.06. The fourth-order valence-electron chi connectivity index (χ4n) is 2.84. The Morgan fingerprint density at radius 2 is 2.12 bits per heavy atom. The van der Waals surface area contributed by atoms with E-state index in [-0.39, 0.29) is 11.9 Å². The van der Waals surface area contributed by atoms with Gasteiger partial charge in [-0.3, -0.25) is 15.0 Å². The first kappa shape index (κ1) is 16.8. The highest BCUT2D eigenvalue weighted by Crippen LogP contribution is 2.25. The number of thiazole rings is 1. The van der Waals surface area contributed by atoms with Crippen LogP contribution in [0.15, 0.2) is 23.8 Å². The highest BCUT2D eigenvalue weighted by molar-refractivity contribution is 7.13. The van der Waals surface area contributed by atoms with Gasteiger partial charge < -0.3 is 4.90 Å². The van der Waals surface area contributed by atoms with Gasteiger partial charge in [0, 0.05) is 43.4 Å². The summed E-state index contributed by atoms with van der Waals surface area (Å²) in [4.78, 5) is 29.6. The molecule has 3 heterocycles. The van der Waals surface area contributed by atoms with Crippen molar-refractivity contribution in [2.24, 2.45) is 0 Å². The summed E-state index contributed by atoms with van der Waals surface area (Å²) in [5.74, 6) is 0.270. The van der Waals surface area contributed by atoms with Crippen molar-refractivity contribution < 1.29 is 4.79 Å². The zero-order valence-electron chi connectivity index (χ0n) is 14.1. The number of aromatic nitrogens is 3. The summed E-state index contributed by atoms with van der Waals surface area (Å²) in [5, 5.41) is 5.91. The van der Waals surface area contributed by atoms with E-state index in [2.05, 4.69) is 42.4 Å². The normalized spacial score (nSPS) is 20.0. The molecule has 1 fully saturated rings. The van der Waals surface area contributed by atoms with Crippen molar-refractivity contribution in [3.63, 3.8) is 0 Å². The second kappa shape index (κ2) is 7.23. The lowest BCUT2D eigenvalue weighted by molar-refractivity contribution is -0.121. The molecule has 7 nitrogen and oxygen atoms in total. The van der Waals surface area contributed by atoms with Crippen molar-refractivity contribution in [1.82, 2.24) is 19.9 Å². The molecule has 128 valence electrons. The molecule has 2 atom stereocenters. The summed E-state index contributed by atoms with van der Waals surface area (Å²) < 4.78 is 0. The van der Waals surface area contributed by atoms with Crippen molar-refractivity contribution in [3.05, 3.63) is 29.5 Å². The number of nitrogens with one attached hydrogen (secondary N) is 1. The first-order valence-electron chi connectivity index (χ1n) is 8.05. The van der Waals surface area contributed by atoms with Crippen molar-refractivity contribution >= 4 is 28.3 Å². The van der Waals surface area contributed by atoms with Crippen LogP contribution in [-0.4, -0.2) is 57.5 Å². The molecule has 2 unspecified atom stereocenters. The van der Waals surface area contributed by atoms with Crippen LogP contribution in [0.3, 0.4) is 0 Å². The third kappa shape index (κ3) is 3.70. The van der Waals surface area contributed by atoms with Crippen LogP contribution in [0.25, 0.3) is 0 Å². The van der Waals surface area contributed by atoms with Crippen LogP contribution in [0, 0.1) is 6.92 Å². The predicted molar refractivity (Wildman–Crippen MR) is 95.4 cm³/mol. The number of nitrogens with zero attached hydrogens (tertiary/aromatic N) is 5. The van der Waals surface area contributed by atoms with Crippen LogP contribution in [0.4, 0.5) is 11.1 Å². The van der Waals surface area contributed by atoms with Gasteiger partial charge in [0.05, 0.1) is 11.7 Å². The topological polar surface area (TPSA) is 74.2 Å². The monoisotopic (exact) mass is 346 g/mol. The maximum atomic E-state index is 12.4. The van der Waals surface area contributed by atoms with Gasteiger partial charge in [-0.15, -0.1) is 11.3 Å². The Morgan fingerprint density at radius 1 is 1.38 bits per heavy atom. The van der Waals surface area contributed by atoms with E-state index in [1.807, 2.05) is 13.8 Å². The molecule has 0 aromatic carbocycles. The number of amides is 1. The molecule has 1 aliphatic rings. The van der Waals surface area contributed by atoms with Gasteiger partial charge in [0.25, 0.3) is 0 Å². The van der Waals surface area contributed by atoms with Gasteiger partial charge >= 0.3 is 0 Å². The van der Waals surface area contributed by atoms with Gasteiger partial charge in [0.2, 0.25) is 11.9 Å². The van der Waals surface area contributed by atoms with Crippen molar-refractivity contribution in [1.29, 1.82) is 0 Å². The molecule has 1 N–H and O–H groups in total. The van der Waals surface area contributed by atoms with E-state index in [1.54, 1.807) is 29.8 Å². The molecular weight excluding hydrogens is 324 g/mol. The van der Waals surface area contributed by atoms with Crippen LogP contribution in [0.5, 0.6) is 0 Å². The van der Waals surface area contributed by atoms with E-state index in [1.165, 1.54) is 0 Å². The average Bonchev–Trinajstić information content (AvgIpc) is 3.01. The van der Waals surface area contributed by atoms with Crippen molar-refractivity contribution in [2.45, 2.75) is 32.9 Å². The van der Waals surface area contributed by atoms with Gasteiger partial charge in [-0.2, -0.15) is 0 Å². The number of hydrogen-bond donors (Lipinski definition) is 1. The molecular formula is C16H22N6OS. The molecule has 1 amide bonds. The number of rotatable bonds is 4. The van der Waals surface area contributed by atoms with Crippen LogP contribution in [0.2, 0.25) is 0 Å². The highest BCUT2D eigenvalue weighted by atomic mass is 32.1. The van der Waals surface area contributed by atoms with Crippen LogP contribution in [0.1, 0.15) is 19.5 Å². The van der Waals surface area contributed by atoms with Gasteiger partial charge in [-0.25, -0.2) is 15.0 Å². The largest absolute Gasteiger partial charge is 0.343 e. The summed E-state index contributed by atoms with van der Waals surface area (Å²) in [6.45, 7) is 8.63. The minimum absolute atomic E-state index is 0.0769. The summed E-state index contributed by atoms with van der Waals surface area (Å²) in [5.41, 5.74) is 1.06. The molecule has 1 aliphatic heterocycles. The molecule has 24 heavy (non-hydrogen) atoms. The fraction of sp³-hybridized carbons (Fsp3) is 0.500. The maximum absolute atomic E-state index is 12.4. The number of carbonyl (C=O) groups is 1. The average molecular weight is 346 g/mol. The molecule has 1 saturated heterocycles. The molecule has 0 aliphatic carbocycles. The lowest BCUT2D eigenvalue weighted by atomic mass is 10.1. The number of carbonyl (C=O) groups excluding carboxylic acids is 1. The summed E-state index contributed by atoms with van der Waals surface area (Å²) >= 11 is 1.68. The van der Waals surface area contributed by atoms with Crippen molar-refractivity contribution in [2.75, 3.05) is 29.9 Å². The SMILES string of the molecule is Cc1csc(N2CCN(C(C)C(=O)Nc3ncccn3)CC2C)n1. The maximum Gasteiger partial charge on any atom is 0.243 e. The second-order valence-electron chi connectivity index (χ2n) is 6.05. The zero-order valence-corrected chi connectivity index (χ0v) is 15.0. The third-order valence-electron chi connectivity index (χ3n) is 4.24. The first-order valence-corrected chi connectivity index (χ1v) is 8.93. The quantitative estimate of drug-likeness (QED) is 0.910. The molecule has 0 saturated carbocycles. The Hall–Kier alpha value is -2.06. The van der Waals surface area contributed by atoms with Gasteiger partial charge in [-0.1, -0.05) is 0 Å². The lowest BCUT2D eigenvalue weighted by Crippen LogP contribution is -2.56. The smallest absolute Gasteiger partial charge is 0.243 e. The predicted octanol–water partition coefficient (Wildman–Crippen LogP) is 1.78. The Bertz CT molecular complexity index is 691.